The van der Waals surface area contributed by atoms with Gasteiger partial charge in [-0.1, -0.05) is 61.2 Å². The smallest absolute Gasteiger partial charge is 0.301 e. The molecule has 3 aromatic carbocycles. The van der Waals surface area contributed by atoms with Crippen LogP contribution >= 0.6 is 23.1 Å². The van der Waals surface area contributed by atoms with Gasteiger partial charge >= 0.3 is 5.91 Å². The summed E-state index contributed by atoms with van der Waals surface area (Å²) >= 11 is 2.37. The second kappa shape index (κ2) is 14.8. The predicted octanol–water partition coefficient (Wildman–Crippen LogP) is 7.43. The first-order valence-corrected chi connectivity index (χ1v) is 16.6. The predicted molar refractivity (Wildman–Crippen MR) is 176 cm³/mol. The fourth-order valence-electron chi connectivity index (χ4n) is 4.85. The molecule has 0 radical (unpaired) electrons. The zero-order valence-corrected chi connectivity index (χ0v) is 27.5. The molecule has 5 rings (SSSR count). The number of amides is 1. The molecule has 1 aliphatic heterocycles. The van der Waals surface area contributed by atoms with Crippen molar-refractivity contribution >= 4 is 45.7 Å². The molecule has 2 heterocycles. The average Bonchev–Trinajstić information content (AvgIpc) is 3.62. The maximum Gasteiger partial charge on any atom is 0.301 e. The molecule has 1 saturated heterocycles. The van der Waals surface area contributed by atoms with Crippen LogP contribution in [0.3, 0.4) is 0 Å². The lowest BCUT2D eigenvalue weighted by Gasteiger charge is -2.24. The van der Waals surface area contributed by atoms with E-state index in [1.54, 1.807) is 60.7 Å². The number of aromatic nitrogens is 2. The van der Waals surface area contributed by atoms with Crippen LogP contribution in [0.5, 0.6) is 17.2 Å². The molecule has 12 heteroatoms. The first-order chi connectivity index (χ1) is 22.2. The van der Waals surface area contributed by atoms with Crippen LogP contribution in [-0.4, -0.2) is 47.3 Å². The summed E-state index contributed by atoms with van der Waals surface area (Å²) in [5.41, 5.74) is 1.23. The fourth-order valence-corrected chi connectivity index (χ4v) is 6.70. The summed E-state index contributed by atoms with van der Waals surface area (Å²) in [7, 11) is 1.53. The molecule has 1 aromatic heterocycles. The van der Waals surface area contributed by atoms with Crippen LogP contribution in [-0.2, 0) is 15.3 Å². The number of rotatable bonds is 13. The highest BCUT2D eigenvalue weighted by Gasteiger charge is 2.48. The number of carbonyl (C=O) groups excluding carboxylic acids is 2. The Kier molecular flexibility index (Phi) is 10.6. The summed E-state index contributed by atoms with van der Waals surface area (Å²) in [5.74, 6) is -0.115. The van der Waals surface area contributed by atoms with Crippen LogP contribution in [0.2, 0.25) is 0 Å². The molecule has 0 saturated carbocycles. The molecule has 0 spiro atoms. The van der Waals surface area contributed by atoms with Gasteiger partial charge in [-0.25, -0.2) is 4.39 Å². The largest absolute Gasteiger partial charge is 0.507 e. The number of nitrogens with zero attached hydrogens (tertiary/aromatic N) is 3. The molecule has 1 aliphatic rings. The van der Waals surface area contributed by atoms with Crippen LogP contribution in [0.4, 0.5) is 9.52 Å². The zero-order valence-electron chi connectivity index (χ0n) is 25.9. The van der Waals surface area contributed by atoms with E-state index in [1.165, 1.54) is 29.8 Å². The fraction of sp³-hybridized carbons (Fsp3) is 0.294. The number of methoxy groups -OCH3 is 1. The van der Waals surface area contributed by atoms with Crippen molar-refractivity contribution in [2.24, 2.45) is 5.92 Å². The van der Waals surface area contributed by atoms with Crippen molar-refractivity contribution in [1.82, 2.24) is 10.2 Å². The molecule has 0 bridgehead atoms. The number of aliphatic hydroxyl groups is 1. The van der Waals surface area contributed by atoms with E-state index in [-0.39, 0.29) is 22.3 Å². The SMILES string of the molecule is CCOc1cc(C2C(=C(O)c3ccc(OC)cc3)C(=O)C(=O)N2c2nnc(SCc3ccccc3F)s2)ccc1OCCC(C)C. The van der Waals surface area contributed by atoms with E-state index in [9.17, 15) is 19.1 Å². The number of hydrogen-bond donors (Lipinski definition) is 1. The molecule has 9 nitrogen and oxygen atoms in total. The number of carbonyl (C=O) groups is 2. The highest BCUT2D eigenvalue weighted by molar-refractivity contribution is 8.00. The van der Waals surface area contributed by atoms with Crippen molar-refractivity contribution < 1.29 is 33.3 Å². The van der Waals surface area contributed by atoms with E-state index in [4.69, 9.17) is 14.2 Å². The molecule has 46 heavy (non-hydrogen) atoms. The molecular weight excluding hydrogens is 630 g/mol. The van der Waals surface area contributed by atoms with Gasteiger partial charge < -0.3 is 19.3 Å². The second-order valence-corrected chi connectivity index (χ2v) is 13.0. The lowest BCUT2D eigenvalue weighted by atomic mass is 9.95. The minimum Gasteiger partial charge on any atom is -0.507 e. The van der Waals surface area contributed by atoms with E-state index in [1.807, 2.05) is 6.92 Å². The summed E-state index contributed by atoms with van der Waals surface area (Å²) < 4.78 is 31.9. The number of halogens is 1. The van der Waals surface area contributed by atoms with E-state index in [0.29, 0.717) is 63.2 Å². The summed E-state index contributed by atoms with van der Waals surface area (Å²) in [4.78, 5) is 28.6. The Bertz CT molecular complexity index is 1740. The molecule has 1 fully saturated rings. The molecule has 1 amide bonds. The Morgan fingerprint density at radius 2 is 1.80 bits per heavy atom. The van der Waals surface area contributed by atoms with Crippen molar-refractivity contribution in [3.05, 3.63) is 94.8 Å². The third-order valence-electron chi connectivity index (χ3n) is 7.25. The zero-order chi connectivity index (χ0) is 32.8. The summed E-state index contributed by atoms with van der Waals surface area (Å²) in [6.07, 6.45) is 0.851. The Labute approximate surface area is 275 Å². The van der Waals surface area contributed by atoms with Gasteiger partial charge in [-0.3, -0.25) is 14.5 Å². The molecule has 240 valence electrons. The molecule has 4 aromatic rings. The first-order valence-electron chi connectivity index (χ1n) is 14.8. The lowest BCUT2D eigenvalue weighted by Crippen LogP contribution is -2.29. The molecule has 1 N–H and O–H groups in total. The van der Waals surface area contributed by atoms with Gasteiger partial charge in [0.2, 0.25) is 5.13 Å². The van der Waals surface area contributed by atoms with E-state index in [0.717, 1.165) is 17.8 Å². The number of thioether (sulfide) groups is 1. The number of Topliss-reactive ketones (excluding diaryl/α,β-unsaturated/α-hetero) is 1. The van der Waals surface area contributed by atoms with Gasteiger partial charge in [0.1, 0.15) is 17.3 Å². The Balaban J connectivity index is 1.56. The van der Waals surface area contributed by atoms with Gasteiger partial charge in [-0.05, 0) is 72.9 Å². The molecule has 1 atom stereocenters. The lowest BCUT2D eigenvalue weighted by molar-refractivity contribution is -0.132. The van der Waals surface area contributed by atoms with Crippen LogP contribution in [0.25, 0.3) is 5.76 Å². The van der Waals surface area contributed by atoms with Crippen molar-refractivity contribution in [3.8, 4) is 17.2 Å². The van der Waals surface area contributed by atoms with Gasteiger partial charge in [0.15, 0.2) is 15.8 Å². The maximum atomic E-state index is 14.2. The number of hydrogen-bond acceptors (Lipinski definition) is 10. The highest BCUT2D eigenvalue weighted by atomic mass is 32.2. The third kappa shape index (κ3) is 7.18. The average molecular weight is 664 g/mol. The van der Waals surface area contributed by atoms with Crippen LogP contribution < -0.4 is 19.1 Å². The van der Waals surface area contributed by atoms with Crippen molar-refractivity contribution in [3.63, 3.8) is 0 Å². The number of ether oxygens (including phenoxy) is 3. The number of ketones is 1. The standard InChI is InChI=1S/C34H34FN3O6S2/c1-5-43-27-18-22(12-15-26(27)44-17-16-20(2)3)29-28(30(39)21-10-13-24(42-4)14-11-21)31(40)32(41)38(29)33-36-37-34(46-33)45-19-23-8-6-7-9-25(23)35/h6-15,18,20,29,39H,5,16-17,19H2,1-4H3. The van der Waals surface area contributed by atoms with Crippen molar-refractivity contribution in [2.75, 3.05) is 25.2 Å². The number of benzene rings is 3. The number of aliphatic hydroxyl groups excluding tert-OH is 1. The van der Waals surface area contributed by atoms with Gasteiger partial charge in [0, 0.05) is 11.3 Å². The van der Waals surface area contributed by atoms with Crippen LogP contribution in [0.15, 0.2) is 76.6 Å². The van der Waals surface area contributed by atoms with E-state index >= 15 is 0 Å². The normalized spacial score (nSPS) is 15.9. The minimum absolute atomic E-state index is 0.109. The quantitative estimate of drug-likeness (QED) is 0.0513. The monoisotopic (exact) mass is 663 g/mol. The maximum absolute atomic E-state index is 14.2. The minimum atomic E-state index is -1.05. The first kappa shape index (κ1) is 33.0. The van der Waals surface area contributed by atoms with Crippen LogP contribution in [0, 0.1) is 11.7 Å². The Hall–Kier alpha value is -4.42. The Morgan fingerprint density at radius 3 is 2.50 bits per heavy atom. The summed E-state index contributed by atoms with van der Waals surface area (Å²) in [6, 6.07) is 17.1. The van der Waals surface area contributed by atoms with Gasteiger partial charge in [0.05, 0.1) is 31.9 Å². The van der Waals surface area contributed by atoms with E-state index in [2.05, 4.69) is 24.0 Å². The van der Waals surface area contributed by atoms with Crippen LogP contribution in [0.1, 0.15) is 49.9 Å². The summed E-state index contributed by atoms with van der Waals surface area (Å²) in [5, 5.41) is 20.1. The second-order valence-electron chi connectivity index (χ2n) is 10.8. The highest BCUT2D eigenvalue weighted by Crippen LogP contribution is 2.46. The summed E-state index contributed by atoms with van der Waals surface area (Å²) in [6.45, 7) is 6.92. The van der Waals surface area contributed by atoms with E-state index < -0.39 is 17.7 Å². The van der Waals surface area contributed by atoms with Crippen molar-refractivity contribution in [1.29, 1.82) is 0 Å². The molecular formula is C34H34FN3O6S2. The molecule has 1 unspecified atom stereocenters. The van der Waals surface area contributed by atoms with Gasteiger partial charge in [-0.2, -0.15) is 0 Å². The Morgan fingerprint density at radius 1 is 1.04 bits per heavy atom. The topological polar surface area (TPSA) is 111 Å². The van der Waals surface area contributed by atoms with Gasteiger partial charge in [-0.15, -0.1) is 10.2 Å². The molecule has 0 aliphatic carbocycles. The third-order valence-corrected chi connectivity index (χ3v) is 9.36. The number of anilines is 1. The van der Waals surface area contributed by atoms with Gasteiger partial charge in [0.25, 0.3) is 5.78 Å². The van der Waals surface area contributed by atoms with Crippen molar-refractivity contribution in [2.45, 2.75) is 43.3 Å².